The number of H-pyrrole nitrogens is 1. The van der Waals surface area contributed by atoms with E-state index in [1.807, 2.05) is 11.6 Å². The number of likely N-dealkylation sites (tertiary alicyclic amines) is 1. The molecule has 1 fully saturated rings. The van der Waals surface area contributed by atoms with Crippen LogP contribution in [-0.4, -0.2) is 34.3 Å². The summed E-state index contributed by atoms with van der Waals surface area (Å²) >= 11 is 0. The Morgan fingerprint density at radius 3 is 2.50 bits per heavy atom. The summed E-state index contributed by atoms with van der Waals surface area (Å²) in [5.41, 5.74) is 2.80. The minimum absolute atomic E-state index is 0.00101. The lowest BCUT2D eigenvalue weighted by atomic mass is 9.93. The Morgan fingerprint density at radius 2 is 1.91 bits per heavy atom. The number of nitrogens with one attached hydrogen (secondary N) is 2. The molecule has 1 aliphatic rings. The van der Waals surface area contributed by atoms with Crippen molar-refractivity contribution in [2.75, 3.05) is 19.6 Å². The second kappa shape index (κ2) is 6.73. The quantitative estimate of drug-likeness (QED) is 0.847. The van der Waals surface area contributed by atoms with Crippen LogP contribution in [0.15, 0.2) is 17.1 Å². The average molecular weight is 306 g/mol. The maximum Gasteiger partial charge on any atom is 0.269 e. The molecule has 5 nitrogen and oxygen atoms in total. The first-order chi connectivity index (χ1) is 10.3. The van der Waals surface area contributed by atoms with Crippen LogP contribution in [0.4, 0.5) is 0 Å². The first kappa shape index (κ1) is 16.9. The standard InChI is InChI=1S/C17H30N4O/c1-13-15(12-18-14(2)17(3,4)5)16(22)19-21(13)11-10-20-8-6-7-9-20/h18H,2,6-12H2,1,3-5H3,(H,19,22). The molecule has 22 heavy (non-hydrogen) atoms. The van der Waals surface area contributed by atoms with Crippen LogP contribution in [0, 0.1) is 12.3 Å². The van der Waals surface area contributed by atoms with Gasteiger partial charge >= 0.3 is 0 Å². The Hall–Kier alpha value is -1.49. The van der Waals surface area contributed by atoms with Crippen LogP contribution in [0.5, 0.6) is 0 Å². The summed E-state index contributed by atoms with van der Waals surface area (Å²) in [5, 5.41) is 6.26. The molecule has 2 rings (SSSR count). The van der Waals surface area contributed by atoms with Gasteiger partial charge in [-0.15, -0.1) is 0 Å². The van der Waals surface area contributed by atoms with Crippen LogP contribution >= 0.6 is 0 Å². The van der Waals surface area contributed by atoms with Crippen LogP contribution in [0.3, 0.4) is 0 Å². The van der Waals surface area contributed by atoms with Crippen LogP contribution in [0.1, 0.15) is 44.9 Å². The molecule has 0 atom stereocenters. The number of allylic oxidation sites excluding steroid dienone is 1. The van der Waals surface area contributed by atoms with Gasteiger partial charge in [0.1, 0.15) is 0 Å². The Morgan fingerprint density at radius 1 is 1.27 bits per heavy atom. The molecular formula is C17H30N4O. The normalized spacial score (nSPS) is 16.2. The van der Waals surface area contributed by atoms with Gasteiger partial charge in [0.25, 0.3) is 5.56 Å². The van der Waals surface area contributed by atoms with E-state index in [2.05, 4.69) is 42.7 Å². The van der Waals surface area contributed by atoms with Gasteiger partial charge in [-0.1, -0.05) is 27.4 Å². The van der Waals surface area contributed by atoms with Crippen LogP contribution < -0.4 is 10.9 Å². The third-order valence-electron chi connectivity index (χ3n) is 4.57. The van der Waals surface area contributed by atoms with Crippen molar-refractivity contribution in [1.82, 2.24) is 20.0 Å². The summed E-state index contributed by atoms with van der Waals surface area (Å²) in [5.74, 6) is 0. The topological polar surface area (TPSA) is 53.1 Å². The molecule has 1 aromatic heterocycles. The zero-order valence-corrected chi connectivity index (χ0v) is 14.5. The second-order valence-corrected chi connectivity index (χ2v) is 7.29. The van der Waals surface area contributed by atoms with E-state index in [1.54, 1.807) is 0 Å². The monoisotopic (exact) mass is 306 g/mol. The molecule has 2 heterocycles. The lowest BCUT2D eigenvalue weighted by Crippen LogP contribution is -2.25. The lowest BCUT2D eigenvalue weighted by molar-refractivity contribution is 0.314. The number of aromatic nitrogens is 2. The number of hydrogen-bond donors (Lipinski definition) is 2. The third-order valence-corrected chi connectivity index (χ3v) is 4.57. The first-order valence-electron chi connectivity index (χ1n) is 8.23. The zero-order valence-electron chi connectivity index (χ0n) is 14.5. The highest BCUT2D eigenvalue weighted by molar-refractivity contribution is 5.18. The van der Waals surface area contributed by atoms with Gasteiger partial charge in [-0.3, -0.25) is 14.6 Å². The zero-order chi connectivity index (χ0) is 16.3. The molecule has 0 saturated carbocycles. The molecule has 1 saturated heterocycles. The molecule has 0 unspecified atom stereocenters. The molecule has 5 heteroatoms. The van der Waals surface area contributed by atoms with Crippen molar-refractivity contribution in [3.8, 4) is 0 Å². The molecule has 2 N–H and O–H groups in total. The maximum atomic E-state index is 12.2. The van der Waals surface area contributed by atoms with Gasteiger partial charge < -0.3 is 10.2 Å². The van der Waals surface area contributed by atoms with Crippen LogP contribution in [-0.2, 0) is 13.1 Å². The highest BCUT2D eigenvalue weighted by Gasteiger charge is 2.17. The second-order valence-electron chi connectivity index (χ2n) is 7.29. The summed E-state index contributed by atoms with van der Waals surface area (Å²) in [6, 6.07) is 0. The van der Waals surface area contributed by atoms with Gasteiger partial charge in [0.2, 0.25) is 0 Å². The van der Waals surface area contributed by atoms with E-state index >= 15 is 0 Å². The maximum absolute atomic E-state index is 12.2. The van der Waals surface area contributed by atoms with Gasteiger partial charge in [-0.2, -0.15) is 0 Å². The molecule has 0 spiro atoms. The van der Waals surface area contributed by atoms with E-state index < -0.39 is 0 Å². The summed E-state index contributed by atoms with van der Waals surface area (Å²) in [4.78, 5) is 14.6. The fourth-order valence-corrected chi connectivity index (χ4v) is 2.74. The largest absolute Gasteiger partial charge is 0.384 e. The van der Waals surface area contributed by atoms with E-state index in [0.717, 1.165) is 30.0 Å². The van der Waals surface area contributed by atoms with Crippen molar-refractivity contribution >= 4 is 0 Å². The predicted molar refractivity (Wildman–Crippen MR) is 90.9 cm³/mol. The summed E-state index contributed by atoms with van der Waals surface area (Å²) in [6.45, 7) is 17.2. The highest BCUT2D eigenvalue weighted by Crippen LogP contribution is 2.21. The van der Waals surface area contributed by atoms with Crippen molar-refractivity contribution in [1.29, 1.82) is 0 Å². The van der Waals surface area contributed by atoms with Crippen molar-refractivity contribution in [3.63, 3.8) is 0 Å². The van der Waals surface area contributed by atoms with Crippen LogP contribution in [0.2, 0.25) is 0 Å². The minimum Gasteiger partial charge on any atom is -0.384 e. The van der Waals surface area contributed by atoms with Crippen molar-refractivity contribution in [3.05, 3.63) is 33.9 Å². The van der Waals surface area contributed by atoms with E-state index in [0.29, 0.717) is 6.54 Å². The molecule has 0 bridgehead atoms. The molecule has 1 aromatic rings. The van der Waals surface area contributed by atoms with E-state index in [4.69, 9.17) is 0 Å². The molecule has 0 radical (unpaired) electrons. The van der Waals surface area contributed by atoms with Gasteiger partial charge in [0.15, 0.2) is 0 Å². The van der Waals surface area contributed by atoms with Crippen molar-refractivity contribution in [2.24, 2.45) is 5.41 Å². The SMILES string of the molecule is C=C(NCc1c(C)n(CCN2CCCC2)[nH]c1=O)C(C)(C)C. The van der Waals surface area contributed by atoms with Gasteiger partial charge in [-0.25, -0.2) is 0 Å². The molecule has 1 aliphatic heterocycles. The molecule has 124 valence electrons. The van der Waals surface area contributed by atoms with Gasteiger partial charge in [0, 0.05) is 29.9 Å². The van der Waals surface area contributed by atoms with E-state index in [-0.39, 0.29) is 11.0 Å². The smallest absolute Gasteiger partial charge is 0.269 e. The fourth-order valence-electron chi connectivity index (χ4n) is 2.74. The molecule has 0 aliphatic carbocycles. The van der Waals surface area contributed by atoms with Crippen molar-refractivity contribution < 1.29 is 0 Å². The fraction of sp³-hybridized carbons (Fsp3) is 0.706. The summed E-state index contributed by atoms with van der Waals surface area (Å²) < 4.78 is 1.98. The Bertz CT molecular complexity index is 570. The Labute approximate surface area is 133 Å². The molecule has 0 amide bonds. The van der Waals surface area contributed by atoms with E-state index in [9.17, 15) is 4.79 Å². The molecule has 0 aromatic carbocycles. The average Bonchev–Trinajstić information content (AvgIpc) is 3.03. The lowest BCUT2D eigenvalue weighted by Gasteiger charge is -2.23. The number of rotatable bonds is 6. The molecular weight excluding hydrogens is 276 g/mol. The number of nitrogens with zero attached hydrogens (tertiary/aromatic N) is 2. The highest BCUT2D eigenvalue weighted by atomic mass is 16.1. The number of hydrogen-bond acceptors (Lipinski definition) is 3. The summed E-state index contributed by atoms with van der Waals surface area (Å²) in [6.07, 6.45) is 2.59. The third kappa shape index (κ3) is 4.03. The first-order valence-corrected chi connectivity index (χ1v) is 8.23. The predicted octanol–water partition coefficient (Wildman–Crippen LogP) is 2.23. The van der Waals surface area contributed by atoms with Gasteiger partial charge in [-0.05, 0) is 32.9 Å². The van der Waals surface area contributed by atoms with Gasteiger partial charge in [0.05, 0.1) is 12.1 Å². The van der Waals surface area contributed by atoms with Crippen LogP contribution in [0.25, 0.3) is 0 Å². The Balaban J connectivity index is 1.97. The number of aromatic amines is 1. The van der Waals surface area contributed by atoms with E-state index in [1.165, 1.54) is 25.9 Å². The minimum atomic E-state index is -0.00101. The summed E-state index contributed by atoms with van der Waals surface area (Å²) in [7, 11) is 0. The van der Waals surface area contributed by atoms with Crippen molar-refractivity contribution in [2.45, 2.75) is 53.6 Å². The Kier molecular flexibility index (Phi) is 5.16.